The molecule has 0 saturated carbocycles. The minimum absolute atomic E-state index is 0.178. The predicted octanol–water partition coefficient (Wildman–Crippen LogP) is 3.57. The summed E-state index contributed by atoms with van der Waals surface area (Å²) in [5.41, 5.74) is 1.11. The first-order valence-electron chi connectivity index (χ1n) is 6.83. The second kappa shape index (κ2) is 6.00. The van der Waals surface area contributed by atoms with E-state index in [0.717, 1.165) is 11.6 Å². The van der Waals surface area contributed by atoms with Crippen LogP contribution in [0.5, 0.6) is 0 Å². The fraction of sp³-hybridized carbons (Fsp3) is 0.0588. The molecule has 0 atom stereocenters. The largest absolute Gasteiger partial charge is 0.478 e. The second-order valence-corrected chi connectivity index (χ2v) is 5.01. The van der Waals surface area contributed by atoms with E-state index in [2.05, 4.69) is 4.98 Å². The monoisotopic (exact) mass is 314 g/mol. The minimum Gasteiger partial charge on any atom is -0.478 e. The summed E-state index contributed by atoms with van der Waals surface area (Å²) in [7, 11) is 0. The quantitative estimate of drug-likeness (QED) is 0.801. The van der Waals surface area contributed by atoms with Gasteiger partial charge in [-0.05, 0) is 29.8 Å². The van der Waals surface area contributed by atoms with Gasteiger partial charge in [-0.25, -0.2) is 18.6 Å². The summed E-state index contributed by atoms with van der Waals surface area (Å²) in [6.45, 7) is 0.327. The van der Waals surface area contributed by atoms with Gasteiger partial charge in [0.15, 0.2) is 0 Å². The first-order chi connectivity index (χ1) is 11.0. The van der Waals surface area contributed by atoms with E-state index in [-0.39, 0.29) is 11.1 Å². The molecule has 3 rings (SSSR count). The number of aromatic carboxylic acids is 1. The number of carboxylic acid groups (broad SMARTS) is 1. The van der Waals surface area contributed by atoms with Gasteiger partial charge in [0, 0.05) is 25.0 Å². The third kappa shape index (κ3) is 3.11. The Bertz CT molecular complexity index is 875. The molecule has 0 radical (unpaired) electrons. The van der Waals surface area contributed by atoms with Crippen molar-refractivity contribution in [2.24, 2.45) is 0 Å². The van der Waals surface area contributed by atoms with Crippen molar-refractivity contribution in [3.63, 3.8) is 0 Å². The molecule has 0 spiro atoms. The summed E-state index contributed by atoms with van der Waals surface area (Å²) < 4.78 is 28.6. The van der Waals surface area contributed by atoms with E-state index in [9.17, 15) is 13.6 Å². The van der Waals surface area contributed by atoms with Gasteiger partial charge in [0.05, 0.1) is 11.1 Å². The Labute approximate surface area is 130 Å². The van der Waals surface area contributed by atoms with Gasteiger partial charge >= 0.3 is 5.97 Å². The van der Waals surface area contributed by atoms with Crippen molar-refractivity contribution >= 4 is 5.97 Å². The number of nitrogens with zero attached hydrogens (tertiary/aromatic N) is 2. The van der Waals surface area contributed by atoms with Crippen LogP contribution in [-0.4, -0.2) is 20.6 Å². The van der Waals surface area contributed by atoms with Crippen LogP contribution in [0.4, 0.5) is 8.78 Å². The van der Waals surface area contributed by atoms with E-state index >= 15 is 0 Å². The molecule has 1 N–H and O–H groups in total. The lowest BCUT2D eigenvalue weighted by Crippen LogP contribution is -2.04. The summed E-state index contributed by atoms with van der Waals surface area (Å²) in [6, 6.07) is 9.78. The molecule has 0 aliphatic heterocycles. The van der Waals surface area contributed by atoms with E-state index in [0.29, 0.717) is 12.4 Å². The molecule has 0 bridgehead atoms. The molecule has 0 unspecified atom stereocenters. The maximum Gasteiger partial charge on any atom is 0.335 e. The van der Waals surface area contributed by atoms with E-state index in [1.54, 1.807) is 29.0 Å². The van der Waals surface area contributed by atoms with Crippen molar-refractivity contribution < 1.29 is 18.7 Å². The predicted molar refractivity (Wildman–Crippen MR) is 80.1 cm³/mol. The third-order valence-corrected chi connectivity index (χ3v) is 3.41. The van der Waals surface area contributed by atoms with Gasteiger partial charge in [0.25, 0.3) is 0 Å². The zero-order valence-corrected chi connectivity index (χ0v) is 11.9. The van der Waals surface area contributed by atoms with E-state index in [1.165, 1.54) is 24.4 Å². The van der Waals surface area contributed by atoms with Gasteiger partial charge in [0.1, 0.15) is 17.5 Å². The summed E-state index contributed by atoms with van der Waals surface area (Å²) in [5, 5.41) is 9.03. The van der Waals surface area contributed by atoms with Crippen molar-refractivity contribution in [1.82, 2.24) is 9.55 Å². The Morgan fingerprint density at radius 2 is 2.00 bits per heavy atom. The van der Waals surface area contributed by atoms with Crippen LogP contribution in [0.3, 0.4) is 0 Å². The van der Waals surface area contributed by atoms with Gasteiger partial charge in [-0.2, -0.15) is 0 Å². The van der Waals surface area contributed by atoms with Crippen LogP contribution in [0.2, 0.25) is 0 Å². The molecule has 3 aromatic rings. The highest BCUT2D eigenvalue weighted by atomic mass is 19.1. The van der Waals surface area contributed by atoms with Crippen LogP contribution in [0.25, 0.3) is 11.4 Å². The van der Waals surface area contributed by atoms with Crippen LogP contribution in [0.1, 0.15) is 15.9 Å². The number of imidazole rings is 1. The van der Waals surface area contributed by atoms with E-state index in [1.807, 2.05) is 0 Å². The highest BCUT2D eigenvalue weighted by Crippen LogP contribution is 2.23. The first-order valence-corrected chi connectivity index (χ1v) is 6.83. The Hall–Kier alpha value is -3.02. The SMILES string of the molecule is O=C(O)c1cccc(Cn2ccnc2-c2ccc(F)cc2F)c1. The molecule has 4 nitrogen and oxygen atoms in total. The van der Waals surface area contributed by atoms with Crippen molar-refractivity contribution in [3.05, 3.63) is 77.6 Å². The number of hydrogen-bond donors (Lipinski definition) is 1. The van der Waals surface area contributed by atoms with Crippen molar-refractivity contribution in [2.45, 2.75) is 6.54 Å². The summed E-state index contributed by atoms with van der Waals surface area (Å²) >= 11 is 0. The zero-order valence-electron chi connectivity index (χ0n) is 11.9. The maximum atomic E-state index is 13.9. The average molecular weight is 314 g/mol. The van der Waals surface area contributed by atoms with Gasteiger partial charge in [-0.1, -0.05) is 12.1 Å². The molecule has 2 aromatic carbocycles. The molecular weight excluding hydrogens is 302 g/mol. The molecule has 0 aliphatic rings. The van der Waals surface area contributed by atoms with E-state index < -0.39 is 17.6 Å². The Morgan fingerprint density at radius 3 is 2.74 bits per heavy atom. The van der Waals surface area contributed by atoms with Crippen LogP contribution in [-0.2, 0) is 6.54 Å². The topological polar surface area (TPSA) is 55.1 Å². The molecular formula is C17H12F2N2O2. The number of carbonyl (C=O) groups is 1. The molecule has 0 aliphatic carbocycles. The number of aromatic nitrogens is 2. The molecule has 6 heteroatoms. The third-order valence-electron chi connectivity index (χ3n) is 3.41. The summed E-state index contributed by atoms with van der Waals surface area (Å²) in [4.78, 5) is 15.1. The van der Waals surface area contributed by atoms with Crippen molar-refractivity contribution in [3.8, 4) is 11.4 Å². The zero-order chi connectivity index (χ0) is 16.4. The normalized spacial score (nSPS) is 10.7. The minimum atomic E-state index is -1.01. The van der Waals surface area contributed by atoms with Crippen LogP contribution in [0, 0.1) is 11.6 Å². The lowest BCUT2D eigenvalue weighted by molar-refractivity contribution is 0.0696. The van der Waals surface area contributed by atoms with Crippen LogP contribution < -0.4 is 0 Å². The van der Waals surface area contributed by atoms with Crippen LogP contribution in [0.15, 0.2) is 54.9 Å². The average Bonchev–Trinajstić information content (AvgIpc) is 2.95. The number of rotatable bonds is 4. The van der Waals surface area contributed by atoms with Crippen molar-refractivity contribution in [2.75, 3.05) is 0 Å². The standard InChI is InChI=1S/C17H12F2N2O2/c18-13-4-5-14(15(19)9-13)16-20-6-7-21(16)10-11-2-1-3-12(8-11)17(22)23/h1-9H,10H2,(H,22,23). The molecule has 1 heterocycles. The Balaban J connectivity index is 1.95. The Kier molecular flexibility index (Phi) is 3.89. The molecule has 1 aromatic heterocycles. The van der Waals surface area contributed by atoms with Gasteiger partial charge in [0.2, 0.25) is 0 Å². The lowest BCUT2D eigenvalue weighted by Gasteiger charge is -2.09. The van der Waals surface area contributed by atoms with Gasteiger partial charge < -0.3 is 9.67 Å². The molecule has 0 saturated heterocycles. The second-order valence-electron chi connectivity index (χ2n) is 5.01. The fourth-order valence-corrected chi connectivity index (χ4v) is 2.35. The highest BCUT2D eigenvalue weighted by Gasteiger charge is 2.13. The highest BCUT2D eigenvalue weighted by molar-refractivity contribution is 5.87. The lowest BCUT2D eigenvalue weighted by atomic mass is 10.1. The number of halogens is 2. The summed E-state index contributed by atoms with van der Waals surface area (Å²) in [6.07, 6.45) is 3.17. The number of carboxylic acids is 1. The van der Waals surface area contributed by atoms with Crippen molar-refractivity contribution in [1.29, 1.82) is 0 Å². The number of hydrogen-bond acceptors (Lipinski definition) is 2. The summed E-state index contributed by atoms with van der Waals surface area (Å²) in [5.74, 6) is -2.01. The first kappa shape index (κ1) is 14.9. The molecule has 0 fully saturated rings. The fourth-order valence-electron chi connectivity index (χ4n) is 2.35. The van der Waals surface area contributed by atoms with Crippen LogP contribution >= 0.6 is 0 Å². The van der Waals surface area contributed by atoms with Gasteiger partial charge in [-0.3, -0.25) is 0 Å². The molecule has 23 heavy (non-hydrogen) atoms. The van der Waals surface area contributed by atoms with E-state index in [4.69, 9.17) is 5.11 Å². The molecule has 116 valence electrons. The molecule has 0 amide bonds. The van der Waals surface area contributed by atoms with Gasteiger partial charge in [-0.15, -0.1) is 0 Å². The number of benzene rings is 2. The maximum absolute atomic E-state index is 13.9. The smallest absolute Gasteiger partial charge is 0.335 e. The Morgan fingerprint density at radius 1 is 1.17 bits per heavy atom.